The summed E-state index contributed by atoms with van der Waals surface area (Å²) in [5.74, 6) is -0.0847. The minimum Gasteiger partial charge on any atom is -0.484 e. The van der Waals surface area contributed by atoms with E-state index in [0.29, 0.717) is 25.5 Å². The van der Waals surface area contributed by atoms with Crippen LogP contribution < -0.4 is 15.0 Å². The van der Waals surface area contributed by atoms with Gasteiger partial charge in [0.25, 0.3) is 5.91 Å². The minimum atomic E-state index is -0.338. The van der Waals surface area contributed by atoms with Gasteiger partial charge in [0.2, 0.25) is 0 Å². The lowest BCUT2D eigenvalue weighted by molar-refractivity contribution is -0.123. The Kier molecular flexibility index (Phi) is 7.43. The molecule has 1 amide bonds. The molecular weight excluding hydrogens is 373 g/mol. The SMILES string of the molecule is CN(C)c1ccc([C@@H](CNC(=O)COc2ccc(F)cc2)N2CCOCC2)cc1. The van der Waals surface area contributed by atoms with Gasteiger partial charge in [0.05, 0.1) is 19.3 Å². The van der Waals surface area contributed by atoms with Crippen LogP contribution in [0.3, 0.4) is 0 Å². The molecule has 0 aliphatic carbocycles. The lowest BCUT2D eigenvalue weighted by Gasteiger charge is -2.35. The van der Waals surface area contributed by atoms with Crippen molar-refractivity contribution in [2.45, 2.75) is 6.04 Å². The Hall–Kier alpha value is -2.64. The van der Waals surface area contributed by atoms with Gasteiger partial charge in [0.1, 0.15) is 11.6 Å². The lowest BCUT2D eigenvalue weighted by atomic mass is 10.0. The second-order valence-electron chi connectivity index (χ2n) is 7.20. The van der Waals surface area contributed by atoms with Gasteiger partial charge in [-0.05, 0) is 42.0 Å². The number of amides is 1. The largest absolute Gasteiger partial charge is 0.484 e. The molecule has 0 saturated carbocycles. The summed E-state index contributed by atoms with van der Waals surface area (Å²) in [6, 6.07) is 14.1. The number of anilines is 1. The molecule has 1 fully saturated rings. The predicted molar refractivity (Wildman–Crippen MR) is 111 cm³/mol. The molecule has 2 aromatic rings. The minimum absolute atomic E-state index is 0.0601. The van der Waals surface area contributed by atoms with Crippen molar-refractivity contribution in [3.8, 4) is 5.75 Å². The Labute approximate surface area is 171 Å². The van der Waals surface area contributed by atoms with E-state index in [2.05, 4.69) is 39.4 Å². The van der Waals surface area contributed by atoms with E-state index in [4.69, 9.17) is 9.47 Å². The van der Waals surface area contributed by atoms with Crippen LogP contribution in [0.15, 0.2) is 48.5 Å². The van der Waals surface area contributed by atoms with Crippen molar-refractivity contribution in [1.82, 2.24) is 10.2 Å². The van der Waals surface area contributed by atoms with Crippen LogP contribution in [0.2, 0.25) is 0 Å². The van der Waals surface area contributed by atoms with E-state index in [0.717, 1.165) is 24.3 Å². The van der Waals surface area contributed by atoms with Gasteiger partial charge >= 0.3 is 0 Å². The first kappa shape index (κ1) is 21.1. The number of rotatable bonds is 8. The Bertz CT molecular complexity index is 775. The molecule has 0 aromatic heterocycles. The summed E-state index contributed by atoms with van der Waals surface area (Å²) < 4.78 is 23.9. The van der Waals surface area contributed by atoms with Crippen LogP contribution in [0.4, 0.5) is 10.1 Å². The van der Waals surface area contributed by atoms with E-state index < -0.39 is 0 Å². The fourth-order valence-corrected chi connectivity index (χ4v) is 3.28. The molecule has 1 heterocycles. The van der Waals surface area contributed by atoms with E-state index in [-0.39, 0.29) is 24.4 Å². The van der Waals surface area contributed by atoms with Gasteiger partial charge in [-0.3, -0.25) is 9.69 Å². The van der Waals surface area contributed by atoms with Gasteiger partial charge in [-0.2, -0.15) is 0 Å². The Balaban J connectivity index is 1.60. The van der Waals surface area contributed by atoms with E-state index in [1.807, 2.05) is 14.1 Å². The summed E-state index contributed by atoms with van der Waals surface area (Å²) in [6.07, 6.45) is 0. The fraction of sp³-hybridized carbons (Fsp3) is 0.409. The van der Waals surface area contributed by atoms with Crippen LogP contribution in [0, 0.1) is 5.82 Å². The molecule has 1 aliphatic heterocycles. The Morgan fingerprint density at radius 1 is 1.14 bits per heavy atom. The normalized spacial score (nSPS) is 15.6. The highest BCUT2D eigenvalue weighted by Crippen LogP contribution is 2.23. The van der Waals surface area contributed by atoms with Crippen molar-refractivity contribution < 1.29 is 18.7 Å². The van der Waals surface area contributed by atoms with Gasteiger partial charge < -0.3 is 19.7 Å². The fourth-order valence-electron chi connectivity index (χ4n) is 3.28. The van der Waals surface area contributed by atoms with Gasteiger partial charge in [0.15, 0.2) is 6.61 Å². The van der Waals surface area contributed by atoms with Crippen LogP contribution >= 0.6 is 0 Å². The number of nitrogens with one attached hydrogen (secondary N) is 1. The van der Waals surface area contributed by atoms with E-state index in [1.54, 1.807) is 0 Å². The maximum atomic E-state index is 13.0. The molecule has 2 aromatic carbocycles. The van der Waals surface area contributed by atoms with E-state index in [9.17, 15) is 9.18 Å². The average molecular weight is 401 g/mol. The lowest BCUT2D eigenvalue weighted by Crippen LogP contribution is -2.44. The standard InChI is InChI=1S/C22H28FN3O3/c1-25(2)19-7-3-17(4-8-19)21(26-11-13-28-14-12-26)15-24-22(27)16-29-20-9-5-18(23)6-10-20/h3-10,21H,11-16H2,1-2H3,(H,24,27)/t21-/m1/s1. The number of nitrogens with zero attached hydrogens (tertiary/aromatic N) is 2. The summed E-state index contributed by atoms with van der Waals surface area (Å²) in [5, 5.41) is 2.97. The van der Waals surface area contributed by atoms with Crippen molar-refractivity contribution in [3.05, 3.63) is 59.9 Å². The summed E-state index contributed by atoms with van der Waals surface area (Å²) >= 11 is 0. The third-order valence-electron chi connectivity index (χ3n) is 4.96. The van der Waals surface area contributed by atoms with Crippen LogP contribution in [-0.4, -0.2) is 64.4 Å². The van der Waals surface area contributed by atoms with Crippen molar-refractivity contribution in [2.75, 3.05) is 58.5 Å². The van der Waals surface area contributed by atoms with Gasteiger partial charge in [0, 0.05) is 39.4 Å². The highest BCUT2D eigenvalue weighted by Gasteiger charge is 2.23. The molecule has 1 N–H and O–H groups in total. The number of hydrogen-bond acceptors (Lipinski definition) is 5. The third-order valence-corrected chi connectivity index (χ3v) is 4.96. The zero-order chi connectivity index (χ0) is 20.6. The molecule has 0 bridgehead atoms. The second kappa shape index (κ2) is 10.2. The molecule has 0 spiro atoms. The number of ether oxygens (including phenoxy) is 2. The third kappa shape index (κ3) is 6.17. The van der Waals surface area contributed by atoms with Crippen molar-refractivity contribution >= 4 is 11.6 Å². The number of hydrogen-bond donors (Lipinski definition) is 1. The number of halogens is 1. The first-order chi connectivity index (χ1) is 14.0. The molecular formula is C22H28FN3O3. The second-order valence-corrected chi connectivity index (χ2v) is 7.20. The zero-order valence-corrected chi connectivity index (χ0v) is 16.9. The van der Waals surface area contributed by atoms with Gasteiger partial charge in [-0.25, -0.2) is 4.39 Å². The van der Waals surface area contributed by atoms with Gasteiger partial charge in [-0.15, -0.1) is 0 Å². The van der Waals surface area contributed by atoms with Crippen LogP contribution in [0.5, 0.6) is 5.75 Å². The van der Waals surface area contributed by atoms with Crippen molar-refractivity contribution in [2.24, 2.45) is 0 Å². The Morgan fingerprint density at radius 3 is 2.41 bits per heavy atom. The quantitative estimate of drug-likeness (QED) is 0.737. The first-order valence-electron chi connectivity index (χ1n) is 9.77. The molecule has 7 heteroatoms. The number of carbonyl (C=O) groups excluding carboxylic acids is 1. The maximum absolute atomic E-state index is 13.0. The highest BCUT2D eigenvalue weighted by molar-refractivity contribution is 5.77. The van der Waals surface area contributed by atoms with E-state index in [1.165, 1.54) is 24.3 Å². The smallest absolute Gasteiger partial charge is 0.258 e. The Morgan fingerprint density at radius 2 is 1.79 bits per heavy atom. The highest BCUT2D eigenvalue weighted by atomic mass is 19.1. The van der Waals surface area contributed by atoms with Crippen molar-refractivity contribution in [3.63, 3.8) is 0 Å². The molecule has 6 nitrogen and oxygen atoms in total. The first-order valence-corrected chi connectivity index (χ1v) is 9.77. The number of morpholine rings is 1. The van der Waals surface area contributed by atoms with Crippen molar-refractivity contribution in [1.29, 1.82) is 0 Å². The summed E-state index contributed by atoms with van der Waals surface area (Å²) in [6.45, 7) is 3.39. The molecule has 29 heavy (non-hydrogen) atoms. The molecule has 3 rings (SSSR count). The molecule has 156 valence electrons. The maximum Gasteiger partial charge on any atom is 0.258 e. The summed E-state index contributed by atoms with van der Waals surface area (Å²) in [4.78, 5) is 16.7. The van der Waals surface area contributed by atoms with Crippen LogP contribution in [0.25, 0.3) is 0 Å². The monoisotopic (exact) mass is 401 g/mol. The topological polar surface area (TPSA) is 54.0 Å². The molecule has 1 atom stereocenters. The zero-order valence-electron chi connectivity index (χ0n) is 16.9. The summed E-state index contributed by atoms with van der Waals surface area (Å²) in [7, 11) is 4.02. The molecule has 1 aliphatic rings. The predicted octanol–water partition coefficient (Wildman–Crippen LogP) is 2.46. The van der Waals surface area contributed by atoms with E-state index >= 15 is 0 Å². The van der Waals surface area contributed by atoms with Crippen LogP contribution in [0.1, 0.15) is 11.6 Å². The molecule has 1 saturated heterocycles. The average Bonchev–Trinajstić information content (AvgIpc) is 2.74. The van der Waals surface area contributed by atoms with Crippen LogP contribution in [-0.2, 0) is 9.53 Å². The molecule has 0 unspecified atom stereocenters. The molecule has 0 radical (unpaired) electrons. The summed E-state index contributed by atoms with van der Waals surface area (Å²) in [5.41, 5.74) is 2.28. The number of carbonyl (C=O) groups is 1. The van der Waals surface area contributed by atoms with Gasteiger partial charge in [-0.1, -0.05) is 12.1 Å². The number of benzene rings is 2.